The maximum atomic E-state index is 12.0. The molecular formula is C16H24N4O3S. The first-order valence-electron chi connectivity index (χ1n) is 7.92. The number of ether oxygens (including phenoxy) is 1. The fourth-order valence-electron chi connectivity index (χ4n) is 2.02. The zero-order valence-corrected chi connectivity index (χ0v) is 15.1. The number of aromatic nitrogens is 2. The molecule has 0 bridgehead atoms. The number of nitrogens with one attached hydrogen (secondary N) is 1. The normalized spacial score (nSPS) is 11.4. The summed E-state index contributed by atoms with van der Waals surface area (Å²) in [7, 11) is 1.64. The van der Waals surface area contributed by atoms with Gasteiger partial charge in [0.05, 0.1) is 24.6 Å². The summed E-state index contributed by atoms with van der Waals surface area (Å²) in [5.74, 6) is 1.41. The molecule has 0 saturated carbocycles. The van der Waals surface area contributed by atoms with Gasteiger partial charge in [-0.15, -0.1) is 21.5 Å². The van der Waals surface area contributed by atoms with E-state index in [-0.39, 0.29) is 12.5 Å². The summed E-state index contributed by atoms with van der Waals surface area (Å²) in [5, 5.41) is 13.0. The molecular weight excluding hydrogens is 328 g/mol. The lowest BCUT2D eigenvalue weighted by Crippen LogP contribution is -2.39. The monoisotopic (exact) mass is 352 g/mol. The average molecular weight is 352 g/mol. The number of carbonyl (C=O) groups excluding carboxylic acids is 1. The molecule has 2 aromatic heterocycles. The van der Waals surface area contributed by atoms with E-state index in [9.17, 15) is 4.79 Å². The van der Waals surface area contributed by atoms with Gasteiger partial charge in [0.2, 0.25) is 11.8 Å². The number of carbonyl (C=O) groups is 1. The SMILES string of the molecule is COCCN(CC(=O)NCC(C)C)Cc1nnc(-c2cccs2)o1. The second-order valence-corrected chi connectivity index (χ2v) is 6.83. The summed E-state index contributed by atoms with van der Waals surface area (Å²) in [6.07, 6.45) is 0. The van der Waals surface area contributed by atoms with E-state index in [4.69, 9.17) is 9.15 Å². The summed E-state index contributed by atoms with van der Waals surface area (Å²) in [5.41, 5.74) is 0. The number of hydrogen-bond acceptors (Lipinski definition) is 7. The highest BCUT2D eigenvalue weighted by molar-refractivity contribution is 7.13. The Kier molecular flexibility index (Phi) is 7.36. The van der Waals surface area contributed by atoms with Crippen molar-refractivity contribution in [1.82, 2.24) is 20.4 Å². The second kappa shape index (κ2) is 9.51. The van der Waals surface area contributed by atoms with Gasteiger partial charge in [0.1, 0.15) is 0 Å². The second-order valence-electron chi connectivity index (χ2n) is 5.88. The molecule has 0 aliphatic heterocycles. The van der Waals surface area contributed by atoms with E-state index in [1.54, 1.807) is 18.4 Å². The third-order valence-corrected chi connectivity index (χ3v) is 4.10. The molecule has 24 heavy (non-hydrogen) atoms. The van der Waals surface area contributed by atoms with E-state index in [0.717, 1.165) is 4.88 Å². The Bertz CT molecular complexity index is 613. The molecule has 0 spiro atoms. The van der Waals surface area contributed by atoms with Gasteiger partial charge in [-0.25, -0.2) is 0 Å². The minimum absolute atomic E-state index is 0.0159. The van der Waals surface area contributed by atoms with Crippen molar-refractivity contribution in [3.8, 4) is 10.8 Å². The van der Waals surface area contributed by atoms with Gasteiger partial charge in [0.25, 0.3) is 5.89 Å². The fourth-order valence-corrected chi connectivity index (χ4v) is 2.66. The first-order valence-corrected chi connectivity index (χ1v) is 8.80. The predicted octanol–water partition coefficient (Wildman–Crippen LogP) is 2.02. The van der Waals surface area contributed by atoms with Crippen molar-refractivity contribution in [2.75, 3.05) is 33.4 Å². The molecule has 132 valence electrons. The topological polar surface area (TPSA) is 80.5 Å². The molecule has 1 amide bonds. The van der Waals surface area contributed by atoms with E-state index in [1.807, 2.05) is 22.4 Å². The van der Waals surface area contributed by atoms with Crippen molar-refractivity contribution >= 4 is 17.2 Å². The molecule has 0 aromatic carbocycles. The molecule has 0 saturated heterocycles. The van der Waals surface area contributed by atoms with Gasteiger partial charge in [-0.05, 0) is 17.4 Å². The Hall–Kier alpha value is -1.77. The van der Waals surface area contributed by atoms with Crippen LogP contribution in [-0.4, -0.2) is 54.4 Å². The molecule has 0 radical (unpaired) electrons. The van der Waals surface area contributed by atoms with E-state index in [1.165, 1.54) is 0 Å². The zero-order valence-electron chi connectivity index (χ0n) is 14.3. The number of hydrogen-bond donors (Lipinski definition) is 1. The van der Waals surface area contributed by atoms with Crippen LogP contribution in [0, 0.1) is 5.92 Å². The van der Waals surface area contributed by atoms with Crippen molar-refractivity contribution in [2.24, 2.45) is 5.92 Å². The summed E-state index contributed by atoms with van der Waals surface area (Å²) >= 11 is 1.55. The molecule has 1 N–H and O–H groups in total. The van der Waals surface area contributed by atoms with Gasteiger partial charge in [0, 0.05) is 20.2 Å². The zero-order chi connectivity index (χ0) is 17.4. The van der Waals surface area contributed by atoms with Crippen LogP contribution in [0.25, 0.3) is 10.8 Å². The third kappa shape index (κ3) is 6.03. The molecule has 8 heteroatoms. The Labute approximate surface area is 146 Å². The molecule has 2 rings (SSSR count). The van der Waals surface area contributed by atoms with Gasteiger partial charge in [-0.2, -0.15) is 0 Å². The standard InChI is InChI=1S/C16H24N4O3S/c1-12(2)9-17-14(21)10-20(6-7-22-3)11-15-18-19-16(23-15)13-5-4-8-24-13/h4-5,8,12H,6-7,9-11H2,1-3H3,(H,17,21). The number of amides is 1. The third-order valence-electron chi connectivity index (χ3n) is 3.24. The van der Waals surface area contributed by atoms with E-state index in [2.05, 4.69) is 29.4 Å². The summed E-state index contributed by atoms with van der Waals surface area (Å²) in [6, 6.07) is 3.87. The number of nitrogens with zero attached hydrogens (tertiary/aromatic N) is 3. The largest absolute Gasteiger partial charge is 0.419 e. The smallest absolute Gasteiger partial charge is 0.257 e. The van der Waals surface area contributed by atoms with Crippen molar-refractivity contribution in [3.05, 3.63) is 23.4 Å². The van der Waals surface area contributed by atoms with Crippen molar-refractivity contribution < 1.29 is 13.9 Å². The van der Waals surface area contributed by atoms with Crippen LogP contribution in [-0.2, 0) is 16.1 Å². The number of thiophene rings is 1. The van der Waals surface area contributed by atoms with Crippen molar-refractivity contribution in [1.29, 1.82) is 0 Å². The maximum Gasteiger partial charge on any atom is 0.257 e. The molecule has 2 aromatic rings. The highest BCUT2D eigenvalue weighted by Crippen LogP contribution is 2.23. The van der Waals surface area contributed by atoms with E-state index < -0.39 is 0 Å². The fraction of sp³-hybridized carbons (Fsp3) is 0.562. The summed E-state index contributed by atoms with van der Waals surface area (Å²) < 4.78 is 10.8. The highest BCUT2D eigenvalue weighted by atomic mass is 32.1. The van der Waals surface area contributed by atoms with Crippen molar-refractivity contribution in [3.63, 3.8) is 0 Å². The minimum Gasteiger partial charge on any atom is -0.419 e. The van der Waals surface area contributed by atoms with Crippen LogP contribution in [0.4, 0.5) is 0 Å². The quantitative estimate of drug-likeness (QED) is 0.705. The summed E-state index contributed by atoms with van der Waals surface area (Å²) in [4.78, 5) is 14.9. The maximum absolute atomic E-state index is 12.0. The van der Waals surface area contributed by atoms with Crippen LogP contribution in [0.5, 0.6) is 0 Å². The molecule has 0 aliphatic rings. The lowest BCUT2D eigenvalue weighted by molar-refractivity contribution is -0.122. The van der Waals surface area contributed by atoms with Crippen LogP contribution in [0.1, 0.15) is 19.7 Å². The predicted molar refractivity (Wildman–Crippen MR) is 92.6 cm³/mol. The lowest BCUT2D eigenvalue weighted by atomic mass is 10.2. The molecule has 2 heterocycles. The number of rotatable bonds is 10. The highest BCUT2D eigenvalue weighted by Gasteiger charge is 2.16. The van der Waals surface area contributed by atoms with Crippen LogP contribution < -0.4 is 5.32 Å². The minimum atomic E-state index is -0.0159. The Morgan fingerprint density at radius 2 is 2.29 bits per heavy atom. The van der Waals surface area contributed by atoms with Crippen LogP contribution in [0.15, 0.2) is 21.9 Å². The van der Waals surface area contributed by atoms with Gasteiger partial charge >= 0.3 is 0 Å². The molecule has 0 unspecified atom stereocenters. The van der Waals surface area contributed by atoms with Gasteiger partial charge in [-0.1, -0.05) is 19.9 Å². The van der Waals surface area contributed by atoms with Crippen LogP contribution >= 0.6 is 11.3 Å². The average Bonchev–Trinajstić information content (AvgIpc) is 3.21. The van der Waals surface area contributed by atoms with E-state index >= 15 is 0 Å². The first-order chi connectivity index (χ1) is 11.6. The molecule has 7 nitrogen and oxygen atoms in total. The van der Waals surface area contributed by atoms with E-state index in [0.29, 0.717) is 43.9 Å². The van der Waals surface area contributed by atoms with Crippen molar-refractivity contribution in [2.45, 2.75) is 20.4 Å². The van der Waals surface area contributed by atoms with Crippen LogP contribution in [0.3, 0.4) is 0 Å². The molecule has 0 aliphatic carbocycles. The van der Waals surface area contributed by atoms with Gasteiger partial charge in [-0.3, -0.25) is 9.69 Å². The van der Waals surface area contributed by atoms with Gasteiger partial charge < -0.3 is 14.5 Å². The molecule has 0 fully saturated rings. The molecule has 0 atom stereocenters. The van der Waals surface area contributed by atoms with Crippen LogP contribution in [0.2, 0.25) is 0 Å². The number of methoxy groups -OCH3 is 1. The first kappa shape index (κ1) is 18.6. The van der Waals surface area contributed by atoms with Gasteiger partial charge in [0.15, 0.2) is 0 Å². The Morgan fingerprint density at radius 1 is 1.46 bits per heavy atom. The Balaban J connectivity index is 1.94. The lowest BCUT2D eigenvalue weighted by Gasteiger charge is -2.19. The summed E-state index contributed by atoms with van der Waals surface area (Å²) in [6.45, 7) is 6.62. The Morgan fingerprint density at radius 3 is 2.96 bits per heavy atom.